The molecule has 12 heavy (non-hydrogen) atoms. The lowest BCUT2D eigenvalue weighted by atomic mass is 10.3. The van der Waals surface area contributed by atoms with Crippen molar-refractivity contribution in [2.24, 2.45) is 0 Å². The highest BCUT2D eigenvalue weighted by Gasteiger charge is 1.98. The molecule has 0 aliphatic rings. The molecule has 0 saturated heterocycles. The highest BCUT2D eigenvalue weighted by molar-refractivity contribution is 9.09. The van der Waals surface area contributed by atoms with Gasteiger partial charge in [-0.25, -0.2) is 4.98 Å². The molecular weight excluding hydrogens is 244 g/mol. The van der Waals surface area contributed by atoms with Crippen molar-refractivity contribution >= 4 is 27.5 Å². The third-order valence-electron chi connectivity index (χ3n) is 1.11. The predicted octanol–water partition coefficient (Wildman–Crippen LogP) is 2.62. The summed E-state index contributed by atoms with van der Waals surface area (Å²) in [6.07, 6.45) is 1.25. The first-order chi connectivity index (χ1) is 5.74. The zero-order valence-corrected chi connectivity index (χ0v) is 8.28. The van der Waals surface area contributed by atoms with Gasteiger partial charge in [0, 0.05) is 17.8 Å². The van der Waals surface area contributed by atoms with Gasteiger partial charge >= 0.3 is 0 Å². The lowest BCUT2D eigenvalue weighted by Gasteiger charge is -1.93. The summed E-state index contributed by atoms with van der Waals surface area (Å²) in [7, 11) is 0. The number of aromatic nitrogens is 1. The Bertz CT molecular complexity index is 343. The average Bonchev–Trinajstić information content (AvgIpc) is 2.07. The van der Waals surface area contributed by atoms with Crippen LogP contribution in [0, 0.1) is 17.8 Å². The van der Waals surface area contributed by atoms with Crippen molar-refractivity contribution in [3.05, 3.63) is 28.8 Å². The molecule has 1 heterocycles. The van der Waals surface area contributed by atoms with Crippen LogP contribution in [-0.2, 0) is 0 Å². The highest BCUT2D eigenvalue weighted by atomic mass is 79.9. The van der Waals surface area contributed by atoms with Crippen LogP contribution in [0.25, 0.3) is 0 Å². The fraction of sp³-hybridized carbons (Fsp3) is 0.125. The second-order valence-electron chi connectivity index (χ2n) is 1.92. The summed E-state index contributed by atoms with van der Waals surface area (Å²) in [6.45, 7) is 0. The zero-order valence-electron chi connectivity index (χ0n) is 5.94. The average molecular weight is 248 g/mol. The molecule has 0 N–H and O–H groups in total. The summed E-state index contributed by atoms with van der Waals surface area (Å²) in [5, 5.41) is 0.901. The van der Waals surface area contributed by atoms with Crippen LogP contribution >= 0.6 is 27.5 Å². The molecule has 0 fully saturated rings. The van der Waals surface area contributed by atoms with Gasteiger partial charge in [-0.3, -0.25) is 0 Å². The van der Waals surface area contributed by atoms with E-state index in [4.69, 9.17) is 11.6 Å². The SMILES string of the molecule is Fc1cc(C#CCBr)c(Cl)cn1. The van der Waals surface area contributed by atoms with Gasteiger partial charge in [0.15, 0.2) is 0 Å². The lowest BCUT2D eigenvalue weighted by Crippen LogP contribution is -1.85. The molecule has 1 rings (SSSR count). The van der Waals surface area contributed by atoms with Gasteiger partial charge in [-0.15, -0.1) is 0 Å². The summed E-state index contributed by atoms with van der Waals surface area (Å²) in [5.41, 5.74) is 0.462. The zero-order chi connectivity index (χ0) is 8.97. The van der Waals surface area contributed by atoms with Gasteiger partial charge in [-0.2, -0.15) is 4.39 Å². The van der Waals surface area contributed by atoms with Gasteiger partial charge in [0.2, 0.25) is 5.95 Å². The van der Waals surface area contributed by atoms with Crippen molar-refractivity contribution in [2.45, 2.75) is 0 Å². The Morgan fingerprint density at radius 1 is 1.67 bits per heavy atom. The Morgan fingerprint density at radius 2 is 2.42 bits per heavy atom. The molecule has 0 amide bonds. The monoisotopic (exact) mass is 247 g/mol. The quantitative estimate of drug-likeness (QED) is 0.391. The van der Waals surface area contributed by atoms with Crippen LogP contribution in [-0.4, -0.2) is 10.3 Å². The number of alkyl halides is 1. The maximum Gasteiger partial charge on any atom is 0.214 e. The lowest BCUT2D eigenvalue weighted by molar-refractivity contribution is 0.583. The largest absolute Gasteiger partial charge is 0.227 e. The molecule has 0 aromatic carbocycles. The van der Waals surface area contributed by atoms with Crippen molar-refractivity contribution in [2.75, 3.05) is 5.33 Å². The van der Waals surface area contributed by atoms with Crippen molar-refractivity contribution in [1.29, 1.82) is 0 Å². The summed E-state index contributed by atoms with van der Waals surface area (Å²) in [5.74, 6) is 4.84. The van der Waals surface area contributed by atoms with E-state index in [1.807, 2.05) is 0 Å². The van der Waals surface area contributed by atoms with Gasteiger partial charge in [0.05, 0.1) is 10.4 Å². The van der Waals surface area contributed by atoms with E-state index < -0.39 is 5.95 Å². The van der Waals surface area contributed by atoms with E-state index in [9.17, 15) is 4.39 Å². The van der Waals surface area contributed by atoms with E-state index in [1.54, 1.807) is 0 Å². The first-order valence-electron chi connectivity index (χ1n) is 3.10. The normalized spacial score (nSPS) is 8.92. The third kappa shape index (κ3) is 2.47. The number of halogens is 3. The van der Waals surface area contributed by atoms with Crippen LogP contribution in [0.2, 0.25) is 5.02 Å². The minimum atomic E-state index is -0.571. The van der Waals surface area contributed by atoms with E-state index in [2.05, 4.69) is 32.8 Å². The van der Waals surface area contributed by atoms with Gasteiger partial charge < -0.3 is 0 Å². The van der Waals surface area contributed by atoms with Crippen molar-refractivity contribution in [1.82, 2.24) is 4.98 Å². The van der Waals surface area contributed by atoms with Crippen LogP contribution in [0.3, 0.4) is 0 Å². The minimum absolute atomic E-state index is 0.366. The number of nitrogens with zero attached hydrogens (tertiary/aromatic N) is 1. The maximum absolute atomic E-state index is 12.5. The highest BCUT2D eigenvalue weighted by Crippen LogP contribution is 2.13. The molecule has 1 aromatic rings. The van der Waals surface area contributed by atoms with Crippen LogP contribution in [0.1, 0.15) is 5.56 Å². The smallest absolute Gasteiger partial charge is 0.214 e. The van der Waals surface area contributed by atoms with Gasteiger partial charge in [-0.1, -0.05) is 39.4 Å². The first kappa shape index (κ1) is 9.50. The second-order valence-corrected chi connectivity index (χ2v) is 2.89. The molecular formula is C8H4BrClFN. The van der Waals surface area contributed by atoms with Crippen molar-refractivity contribution in [3.8, 4) is 11.8 Å². The first-order valence-corrected chi connectivity index (χ1v) is 4.60. The van der Waals surface area contributed by atoms with Crippen LogP contribution < -0.4 is 0 Å². The fourth-order valence-corrected chi connectivity index (χ4v) is 0.928. The molecule has 0 spiro atoms. The van der Waals surface area contributed by atoms with Crippen LogP contribution in [0.5, 0.6) is 0 Å². The molecule has 62 valence electrons. The van der Waals surface area contributed by atoms with Crippen molar-refractivity contribution in [3.63, 3.8) is 0 Å². The van der Waals surface area contributed by atoms with Crippen LogP contribution in [0.4, 0.5) is 4.39 Å². The van der Waals surface area contributed by atoms with E-state index in [0.717, 1.165) is 0 Å². The molecule has 0 atom stereocenters. The topological polar surface area (TPSA) is 12.9 Å². The summed E-state index contributed by atoms with van der Waals surface area (Å²) >= 11 is 8.81. The maximum atomic E-state index is 12.5. The number of pyridine rings is 1. The molecule has 1 aromatic heterocycles. The summed E-state index contributed by atoms with van der Waals surface area (Å²) in [4.78, 5) is 3.37. The van der Waals surface area contributed by atoms with E-state index in [1.165, 1.54) is 12.3 Å². The standard InChI is InChI=1S/C8H4BrClFN/c9-3-1-2-6-4-8(11)12-5-7(6)10/h4-5H,3H2. The fourth-order valence-electron chi connectivity index (χ4n) is 0.638. The summed E-state index contributed by atoms with van der Waals surface area (Å²) < 4.78 is 12.5. The number of hydrogen-bond acceptors (Lipinski definition) is 1. The second kappa shape index (κ2) is 4.44. The van der Waals surface area contributed by atoms with Gasteiger partial charge in [0.1, 0.15) is 0 Å². The van der Waals surface area contributed by atoms with E-state index >= 15 is 0 Å². The molecule has 0 radical (unpaired) electrons. The minimum Gasteiger partial charge on any atom is -0.227 e. The Hall–Kier alpha value is -0.590. The number of hydrogen-bond donors (Lipinski definition) is 0. The molecule has 0 saturated carbocycles. The molecule has 0 unspecified atom stereocenters. The molecule has 1 nitrogen and oxygen atoms in total. The molecule has 4 heteroatoms. The van der Waals surface area contributed by atoms with Gasteiger partial charge in [-0.05, 0) is 0 Å². The van der Waals surface area contributed by atoms with E-state index in [0.29, 0.717) is 15.9 Å². The Balaban J connectivity index is 3.05. The molecule has 0 aliphatic carbocycles. The Kier molecular flexibility index (Phi) is 3.51. The third-order valence-corrected chi connectivity index (χ3v) is 1.69. The van der Waals surface area contributed by atoms with Gasteiger partial charge in [0.25, 0.3) is 0 Å². The Labute approximate surface area is 83.1 Å². The predicted molar refractivity (Wildman–Crippen MR) is 49.9 cm³/mol. The molecule has 0 bridgehead atoms. The number of rotatable bonds is 0. The molecule has 0 aliphatic heterocycles. The van der Waals surface area contributed by atoms with E-state index in [-0.39, 0.29) is 0 Å². The van der Waals surface area contributed by atoms with Crippen LogP contribution in [0.15, 0.2) is 12.3 Å². The summed E-state index contributed by atoms with van der Waals surface area (Å²) in [6, 6.07) is 1.21. The Morgan fingerprint density at radius 3 is 3.08 bits per heavy atom. The van der Waals surface area contributed by atoms with Crippen molar-refractivity contribution < 1.29 is 4.39 Å².